The van der Waals surface area contributed by atoms with Crippen LogP contribution in [0.5, 0.6) is 0 Å². The van der Waals surface area contributed by atoms with Crippen molar-refractivity contribution in [1.82, 2.24) is 5.32 Å². The average molecular weight is 267 g/mol. The molecule has 0 spiro atoms. The van der Waals surface area contributed by atoms with Gasteiger partial charge in [0.25, 0.3) is 0 Å². The number of ether oxygens (including phenoxy) is 1. The molecule has 0 aromatic rings. The number of hydrogen-bond donors (Lipinski definition) is 1. The molecule has 0 aromatic carbocycles. The van der Waals surface area contributed by atoms with Crippen molar-refractivity contribution < 1.29 is 4.74 Å². The summed E-state index contributed by atoms with van der Waals surface area (Å²) in [5, 5.41) is 3.60. The topological polar surface area (TPSA) is 21.3 Å². The Balaban J connectivity index is 1.74. The van der Waals surface area contributed by atoms with Crippen molar-refractivity contribution in [3.63, 3.8) is 0 Å². The molecule has 0 saturated heterocycles. The first-order valence-corrected chi connectivity index (χ1v) is 8.59. The summed E-state index contributed by atoms with van der Waals surface area (Å²) in [4.78, 5) is 0. The summed E-state index contributed by atoms with van der Waals surface area (Å²) in [6, 6.07) is 0. The van der Waals surface area contributed by atoms with Gasteiger partial charge in [0.15, 0.2) is 0 Å². The predicted molar refractivity (Wildman–Crippen MR) is 81.4 cm³/mol. The maximum absolute atomic E-state index is 6.41. The molecule has 2 saturated carbocycles. The second kappa shape index (κ2) is 7.64. The van der Waals surface area contributed by atoms with Gasteiger partial charge in [-0.25, -0.2) is 0 Å². The summed E-state index contributed by atoms with van der Waals surface area (Å²) in [6.45, 7) is 7.81. The first kappa shape index (κ1) is 15.3. The fraction of sp³-hybridized carbons (Fsp3) is 1.00. The highest BCUT2D eigenvalue weighted by Crippen LogP contribution is 2.36. The molecule has 19 heavy (non-hydrogen) atoms. The molecule has 0 aromatic heterocycles. The molecular weight excluding hydrogens is 234 g/mol. The highest BCUT2D eigenvalue weighted by atomic mass is 16.5. The van der Waals surface area contributed by atoms with E-state index in [4.69, 9.17) is 4.74 Å². The minimum Gasteiger partial charge on any atom is -0.374 e. The molecule has 2 aliphatic rings. The molecule has 1 N–H and O–H groups in total. The molecule has 0 unspecified atom stereocenters. The Morgan fingerprint density at radius 3 is 2.47 bits per heavy atom. The van der Waals surface area contributed by atoms with E-state index < -0.39 is 0 Å². The van der Waals surface area contributed by atoms with Crippen molar-refractivity contribution in [2.75, 3.05) is 19.7 Å². The highest BCUT2D eigenvalue weighted by Gasteiger charge is 2.35. The molecule has 0 bridgehead atoms. The quantitative estimate of drug-likeness (QED) is 0.667. The van der Waals surface area contributed by atoms with Crippen molar-refractivity contribution in [3.05, 3.63) is 0 Å². The van der Waals surface area contributed by atoms with Crippen molar-refractivity contribution in [2.24, 2.45) is 11.8 Å². The minimum absolute atomic E-state index is 0.158. The van der Waals surface area contributed by atoms with Crippen LogP contribution in [0, 0.1) is 11.8 Å². The molecule has 0 amide bonds. The third-order valence-corrected chi connectivity index (χ3v) is 5.22. The summed E-state index contributed by atoms with van der Waals surface area (Å²) in [5.74, 6) is 1.87. The number of hydrogen-bond acceptors (Lipinski definition) is 2. The van der Waals surface area contributed by atoms with Crippen molar-refractivity contribution in [2.45, 2.75) is 77.2 Å². The Labute approximate surface area is 119 Å². The Morgan fingerprint density at radius 1 is 1.16 bits per heavy atom. The van der Waals surface area contributed by atoms with Gasteiger partial charge in [-0.05, 0) is 56.9 Å². The van der Waals surface area contributed by atoms with Gasteiger partial charge >= 0.3 is 0 Å². The smallest absolute Gasteiger partial charge is 0.0806 e. The first-order chi connectivity index (χ1) is 9.24. The van der Waals surface area contributed by atoms with Crippen LogP contribution in [-0.4, -0.2) is 25.3 Å². The van der Waals surface area contributed by atoms with Crippen molar-refractivity contribution in [1.29, 1.82) is 0 Å². The lowest BCUT2D eigenvalue weighted by molar-refractivity contribution is -0.0808. The second-order valence-electron chi connectivity index (χ2n) is 6.98. The summed E-state index contributed by atoms with van der Waals surface area (Å²) in [5.41, 5.74) is 0.158. The SMILES string of the molecule is CCCNCC1(OCCC2CCC2)CCC(C)CC1. The molecule has 2 aliphatic carbocycles. The van der Waals surface area contributed by atoms with Crippen LogP contribution in [0.15, 0.2) is 0 Å². The Kier molecular flexibility index (Phi) is 6.15. The molecule has 0 aliphatic heterocycles. The van der Waals surface area contributed by atoms with Crippen LogP contribution >= 0.6 is 0 Å². The zero-order valence-electron chi connectivity index (χ0n) is 13.0. The molecule has 2 nitrogen and oxygen atoms in total. The molecule has 2 rings (SSSR count). The largest absolute Gasteiger partial charge is 0.374 e. The van der Waals surface area contributed by atoms with E-state index in [-0.39, 0.29) is 5.60 Å². The summed E-state index contributed by atoms with van der Waals surface area (Å²) in [7, 11) is 0. The number of rotatable bonds is 8. The summed E-state index contributed by atoms with van der Waals surface area (Å²) < 4.78 is 6.41. The standard InChI is InChI=1S/C17H33NO/c1-3-12-18-14-17(10-7-15(2)8-11-17)19-13-9-16-5-4-6-16/h15-16,18H,3-14H2,1-2H3. The molecule has 0 radical (unpaired) electrons. The van der Waals surface area contributed by atoms with E-state index in [1.165, 1.54) is 57.8 Å². The Bertz CT molecular complexity index is 242. The van der Waals surface area contributed by atoms with Gasteiger partial charge in [-0.1, -0.05) is 33.1 Å². The van der Waals surface area contributed by atoms with Crippen LogP contribution in [0.1, 0.15) is 71.6 Å². The number of nitrogens with one attached hydrogen (secondary N) is 1. The van der Waals surface area contributed by atoms with Gasteiger partial charge in [0.1, 0.15) is 0 Å². The van der Waals surface area contributed by atoms with Crippen LogP contribution < -0.4 is 5.32 Å². The van der Waals surface area contributed by atoms with Gasteiger partial charge in [0.05, 0.1) is 5.60 Å². The lowest BCUT2D eigenvalue weighted by Gasteiger charge is -2.40. The highest BCUT2D eigenvalue weighted by molar-refractivity contribution is 4.88. The fourth-order valence-corrected chi connectivity index (χ4v) is 3.38. The van der Waals surface area contributed by atoms with Crippen molar-refractivity contribution in [3.8, 4) is 0 Å². The van der Waals surface area contributed by atoms with Gasteiger partial charge in [0.2, 0.25) is 0 Å². The third kappa shape index (κ3) is 4.75. The molecular formula is C17H33NO. The monoisotopic (exact) mass is 267 g/mol. The molecule has 0 atom stereocenters. The van der Waals surface area contributed by atoms with Gasteiger partial charge in [-0.15, -0.1) is 0 Å². The van der Waals surface area contributed by atoms with E-state index >= 15 is 0 Å². The molecule has 112 valence electrons. The molecule has 0 heterocycles. The summed E-state index contributed by atoms with van der Waals surface area (Å²) in [6.07, 6.45) is 12.1. The van der Waals surface area contributed by atoms with Gasteiger partial charge in [0, 0.05) is 13.2 Å². The van der Waals surface area contributed by atoms with Crippen LogP contribution in [0.25, 0.3) is 0 Å². The van der Waals surface area contributed by atoms with Gasteiger partial charge < -0.3 is 10.1 Å². The third-order valence-electron chi connectivity index (χ3n) is 5.22. The zero-order valence-corrected chi connectivity index (χ0v) is 13.0. The van der Waals surface area contributed by atoms with E-state index in [9.17, 15) is 0 Å². The van der Waals surface area contributed by atoms with E-state index in [2.05, 4.69) is 19.2 Å². The van der Waals surface area contributed by atoms with E-state index in [0.717, 1.165) is 31.5 Å². The fourth-order valence-electron chi connectivity index (χ4n) is 3.38. The molecule has 2 heteroatoms. The second-order valence-corrected chi connectivity index (χ2v) is 6.98. The van der Waals surface area contributed by atoms with Crippen molar-refractivity contribution >= 4 is 0 Å². The average Bonchev–Trinajstić information content (AvgIpc) is 2.36. The maximum atomic E-state index is 6.41. The van der Waals surface area contributed by atoms with Gasteiger partial charge in [-0.2, -0.15) is 0 Å². The van der Waals surface area contributed by atoms with E-state index in [0.29, 0.717) is 0 Å². The van der Waals surface area contributed by atoms with Gasteiger partial charge in [-0.3, -0.25) is 0 Å². The predicted octanol–water partition coefficient (Wildman–Crippen LogP) is 4.14. The van der Waals surface area contributed by atoms with Crippen LogP contribution in [0.2, 0.25) is 0 Å². The lowest BCUT2D eigenvalue weighted by Crippen LogP contribution is -2.46. The van der Waals surface area contributed by atoms with E-state index in [1.54, 1.807) is 0 Å². The molecule has 2 fully saturated rings. The summed E-state index contributed by atoms with van der Waals surface area (Å²) >= 11 is 0. The normalized spacial score (nSPS) is 32.2. The zero-order chi connectivity index (χ0) is 13.6. The Morgan fingerprint density at radius 2 is 1.89 bits per heavy atom. The maximum Gasteiger partial charge on any atom is 0.0806 e. The van der Waals surface area contributed by atoms with Crippen LogP contribution in [-0.2, 0) is 4.74 Å². The van der Waals surface area contributed by atoms with Crippen LogP contribution in [0.3, 0.4) is 0 Å². The minimum atomic E-state index is 0.158. The Hall–Kier alpha value is -0.0800. The first-order valence-electron chi connectivity index (χ1n) is 8.59. The van der Waals surface area contributed by atoms with E-state index in [1.807, 2.05) is 0 Å². The lowest BCUT2D eigenvalue weighted by atomic mass is 9.79. The van der Waals surface area contributed by atoms with Crippen LogP contribution in [0.4, 0.5) is 0 Å².